The Bertz CT molecular complexity index is 1020. The van der Waals surface area contributed by atoms with Gasteiger partial charge in [0.25, 0.3) is 5.56 Å². The molecule has 7 nitrogen and oxygen atoms in total. The zero-order valence-corrected chi connectivity index (χ0v) is 14.9. The second-order valence-corrected chi connectivity index (χ2v) is 6.46. The van der Waals surface area contributed by atoms with Crippen molar-refractivity contribution >= 4 is 11.7 Å². The molecule has 1 aromatic heterocycles. The van der Waals surface area contributed by atoms with Gasteiger partial charge in [-0.15, -0.1) is 0 Å². The Balaban J connectivity index is 1.83. The van der Waals surface area contributed by atoms with E-state index in [0.717, 1.165) is 4.57 Å². The number of aromatic nitrogens is 2. The van der Waals surface area contributed by atoms with Crippen LogP contribution in [0.3, 0.4) is 0 Å². The van der Waals surface area contributed by atoms with E-state index in [-0.39, 0.29) is 31.8 Å². The van der Waals surface area contributed by atoms with Gasteiger partial charge in [-0.25, -0.2) is 9.37 Å². The van der Waals surface area contributed by atoms with Crippen molar-refractivity contribution in [2.45, 2.75) is 32.1 Å². The number of Topliss-reactive ketones (excluding diaryl/α,β-unsaturated/α-hetero) is 1. The summed E-state index contributed by atoms with van der Waals surface area (Å²) in [5.41, 5.74) is -0.889. The standard InChI is InChI=1S/C18H15F4N3O4/c19-11-4-1-10(2-5-11)3-6-12(26)14-15(27)16(28)25-8-7-24(9-13(25)23-14)17(29)18(20,21)22/h1-2,4-5,27H,3,6-9H2. The van der Waals surface area contributed by atoms with Crippen molar-refractivity contribution < 1.29 is 32.3 Å². The van der Waals surface area contributed by atoms with Crippen LogP contribution in [0.25, 0.3) is 0 Å². The van der Waals surface area contributed by atoms with Gasteiger partial charge in [0.1, 0.15) is 11.6 Å². The summed E-state index contributed by atoms with van der Waals surface area (Å²) >= 11 is 0. The molecular formula is C18H15F4N3O4. The van der Waals surface area contributed by atoms with Crippen molar-refractivity contribution in [1.29, 1.82) is 0 Å². The summed E-state index contributed by atoms with van der Waals surface area (Å²) in [5.74, 6) is -4.34. The van der Waals surface area contributed by atoms with Crippen LogP contribution < -0.4 is 5.56 Å². The fraction of sp³-hybridized carbons (Fsp3) is 0.333. The number of hydrogen-bond acceptors (Lipinski definition) is 5. The van der Waals surface area contributed by atoms with Crippen LogP contribution in [0.2, 0.25) is 0 Å². The summed E-state index contributed by atoms with van der Waals surface area (Å²) in [6.45, 7) is -1.29. The average molecular weight is 413 g/mol. The van der Waals surface area contributed by atoms with Gasteiger partial charge in [0, 0.05) is 19.5 Å². The lowest BCUT2D eigenvalue weighted by Gasteiger charge is -2.29. The molecule has 0 fully saturated rings. The molecule has 0 saturated heterocycles. The number of halogens is 4. The quantitative estimate of drug-likeness (QED) is 0.610. The first-order valence-corrected chi connectivity index (χ1v) is 8.54. The minimum absolute atomic E-state index is 0.166. The lowest BCUT2D eigenvalue weighted by molar-refractivity contribution is -0.187. The molecule has 0 spiro atoms. The van der Waals surface area contributed by atoms with Gasteiger partial charge in [-0.1, -0.05) is 12.1 Å². The van der Waals surface area contributed by atoms with Gasteiger partial charge in [-0.3, -0.25) is 19.0 Å². The van der Waals surface area contributed by atoms with E-state index >= 15 is 0 Å². The van der Waals surface area contributed by atoms with Crippen LogP contribution in [0.5, 0.6) is 5.75 Å². The fourth-order valence-electron chi connectivity index (χ4n) is 2.98. The average Bonchev–Trinajstić information content (AvgIpc) is 2.68. The molecule has 2 aromatic rings. The highest BCUT2D eigenvalue weighted by atomic mass is 19.4. The van der Waals surface area contributed by atoms with Crippen LogP contribution in [-0.4, -0.2) is 44.0 Å². The molecule has 1 amide bonds. The number of aromatic hydroxyl groups is 1. The number of carbonyl (C=O) groups excluding carboxylic acids is 2. The first-order chi connectivity index (χ1) is 13.6. The van der Waals surface area contributed by atoms with Gasteiger partial charge in [-0.2, -0.15) is 13.2 Å². The maximum Gasteiger partial charge on any atom is 0.471 e. The SMILES string of the molecule is O=C(CCc1ccc(F)cc1)c1nc2n(c(=O)c1O)CCN(C(=O)C(F)(F)F)C2. The summed E-state index contributed by atoms with van der Waals surface area (Å²) in [6.07, 6.45) is -5.06. The Hall–Kier alpha value is -3.24. The molecule has 11 heteroatoms. The molecule has 2 heterocycles. The predicted octanol–water partition coefficient (Wildman–Crippen LogP) is 1.81. The molecule has 1 aliphatic rings. The molecule has 154 valence electrons. The third kappa shape index (κ3) is 4.28. The summed E-state index contributed by atoms with van der Waals surface area (Å²) in [7, 11) is 0. The number of fused-ring (bicyclic) bond motifs is 1. The molecule has 0 unspecified atom stereocenters. The largest absolute Gasteiger partial charge is 0.501 e. The van der Waals surface area contributed by atoms with Crippen molar-refractivity contribution in [3.05, 3.63) is 57.5 Å². The molecular weight excluding hydrogens is 398 g/mol. The van der Waals surface area contributed by atoms with Crippen LogP contribution in [0.15, 0.2) is 29.1 Å². The van der Waals surface area contributed by atoms with Crippen molar-refractivity contribution in [2.24, 2.45) is 0 Å². The maximum atomic E-state index is 12.9. The summed E-state index contributed by atoms with van der Waals surface area (Å²) in [4.78, 5) is 40.5. The molecule has 3 rings (SSSR count). The van der Waals surface area contributed by atoms with Crippen LogP contribution in [0.1, 0.15) is 28.3 Å². The van der Waals surface area contributed by atoms with Gasteiger partial charge in [0.2, 0.25) is 5.75 Å². The Kier molecular flexibility index (Phi) is 5.40. The monoisotopic (exact) mass is 413 g/mol. The number of amides is 1. The second-order valence-electron chi connectivity index (χ2n) is 6.46. The van der Waals surface area contributed by atoms with Crippen LogP contribution in [-0.2, 0) is 24.3 Å². The van der Waals surface area contributed by atoms with E-state index in [1.807, 2.05) is 0 Å². The zero-order valence-electron chi connectivity index (χ0n) is 14.9. The summed E-state index contributed by atoms with van der Waals surface area (Å²) < 4.78 is 51.8. The Labute approximate surface area is 161 Å². The minimum atomic E-state index is -5.08. The van der Waals surface area contributed by atoms with E-state index in [0.29, 0.717) is 10.5 Å². The molecule has 0 saturated carbocycles. The Morgan fingerprint density at radius 1 is 1.14 bits per heavy atom. The summed E-state index contributed by atoms with van der Waals surface area (Å²) in [5, 5.41) is 10.0. The van der Waals surface area contributed by atoms with E-state index < -0.39 is 47.2 Å². The number of hydrogen-bond donors (Lipinski definition) is 1. The highest BCUT2D eigenvalue weighted by molar-refractivity contribution is 5.96. The first-order valence-electron chi connectivity index (χ1n) is 8.54. The summed E-state index contributed by atoms with van der Waals surface area (Å²) in [6, 6.07) is 5.37. The van der Waals surface area contributed by atoms with Crippen LogP contribution in [0.4, 0.5) is 17.6 Å². The van der Waals surface area contributed by atoms with Gasteiger partial charge >= 0.3 is 12.1 Å². The number of rotatable bonds is 4. The van der Waals surface area contributed by atoms with Crippen molar-refractivity contribution in [1.82, 2.24) is 14.5 Å². The molecule has 29 heavy (non-hydrogen) atoms. The smallest absolute Gasteiger partial charge is 0.471 e. The number of ketones is 1. The third-order valence-corrected chi connectivity index (χ3v) is 4.50. The number of alkyl halides is 3. The number of nitrogens with zero attached hydrogens (tertiary/aromatic N) is 3. The molecule has 0 aliphatic carbocycles. The lowest BCUT2D eigenvalue weighted by atomic mass is 10.1. The highest BCUT2D eigenvalue weighted by Crippen LogP contribution is 2.23. The van der Waals surface area contributed by atoms with Gasteiger partial charge in [0.15, 0.2) is 11.5 Å². The zero-order chi connectivity index (χ0) is 21.3. The lowest BCUT2D eigenvalue weighted by Crippen LogP contribution is -2.47. The second kappa shape index (κ2) is 7.64. The van der Waals surface area contributed by atoms with Gasteiger partial charge < -0.3 is 10.0 Å². The Morgan fingerprint density at radius 2 is 1.79 bits per heavy atom. The van der Waals surface area contributed by atoms with Gasteiger partial charge in [0.05, 0.1) is 6.54 Å². The van der Waals surface area contributed by atoms with Crippen molar-refractivity contribution in [2.75, 3.05) is 6.54 Å². The van der Waals surface area contributed by atoms with E-state index in [1.165, 1.54) is 24.3 Å². The first kappa shape index (κ1) is 20.5. The van der Waals surface area contributed by atoms with E-state index in [1.54, 1.807) is 0 Å². The molecule has 1 aromatic carbocycles. The van der Waals surface area contributed by atoms with E-state index in [4.69, 9.17) is 0 Å². The normalized spacial score (nSPS) is 13.9. The van der Waals surface area contributed by atoms with E-state index in [2.05, 4.69) is 4.98 Å². The molecule has 0 radical (unpaired) electrons. The molecule has 1 aliphatic heterocycles. The third-order valence-electron chi connectivity index (χ3n) is 4.50. The van der Waals surface area contributed by atoms with E-state index in [9.17, 15) is 37.1 Å². The minimum Gasteiger partial charge on any atom is -0.501 e. The van der Waals surface area contributed by atoms with Crippen LogP contribution in [0, 0.1) is 5.82 Å². The fourth-order valence-corrected chi connectivity index (χ4v) is 2.98. The van der Waals surface area contributed by atoms with Crippen molar-refractivity contribution in [3.63, 3.8) is 0 Å². The number of carbonyl (C=O) groups is 2. The van der Waals surface area contributed by atoms with Crippen molar-refractivity contribution in [3.8, 4) is 5.75 Å². The molecule has 0 atom stereocenters. The molecule has 0 bridgehead atoms. The van der Waals surface area contributed by atoms with Gasteiger partial charge in [-0.05, 0) is 24.1 Å². The maximum absolute atomic E-state index is 12.9. The molecule has 1 N–H and O–H groups in total. The Morgan fingerprint density at radius 3 is 2.41 bits per heavy atom. The highest BCUT2D eigenvalue weighted by Gasteiger charge is 2.43. The predicted molar refractivity (Wildman–Crippen MR) is 90.7 cm³/mol. The number of benzene rings is 1. The number of aryl methyl sites for hydroxylation is 1. The van der Waals surface area contributed by atoms with Crippen LogP contribution >= 0.6 is 0 Å². The topological polar surface area (TPSA) is 92.5 Å².